The molecule has 0 atom stereocenters. The molecule has 0 aromatic carbocycles. The van der Waals surface area contributed by atoms with Crippen LogP contribution in [0.3, 0.4) is 0 Å². The van der Waals surface area contributed by atoms with Gasteiger partial charge in [0.15, 0.2) is 0 Å². The fourth-order valence-electron chi connectivity index (χ4n) is 2.09. The second-order valence-corrected chi connectivity index (χ2v) is 4.34. The van der Waals surface area contributed by atoms with Gasteiger partial charge in [-0.3, -0.25) is 9.48 Å². The van der Waals surface area contributed by atoms with E-state index in [1.807, 2.05) is 37.6 Å². The third kappa shape index (κ3) is 2.25. The Morgan fingerprint density at radius 2 is 2.05 bits per heavy atom. The molecule has 0 spiro atoms. The van der Waals surface area contributed by atoms with Crippen molar-refractivity contribution in [1.82, 2.24) is 19.7 Å². The first-order chi connectivity index (χ1) is 9.06. The van der Waals surface area contributed by atoms with Crippen molar-refractivity contribution in [1.29, 1.82) is 0 Å². The summed E-state index contributed by atoms with van der Waals surface area (Å²) >= 11 is 0. The molecule has 0 aliphatic heterocycles. The zero-order valence-corrected chi connectivity index (χ0v) is 11.3. The predicted octanol–water partition coefficient (Wildman–Crippen LogP) is 1.19. The predicted molar refractivity (Wildman–Crippen MR) is 73.2 cm³/mol. The first-order valence-electron chi connectivity index (χ1n) is 5.95. The van der Waals surface area contributed by atoms with Gasteiger partial charge in [-0.1, -0.05) is 5.92 Å². The van der Waals surface area contributed by atoms with Crippen LogP contribution in [0.1, 0.15) is 21.7 Å². The molecule has 0 radical (unpaired) electrons. The maximum absolute atomic E-state index is 12.1. The minimum absolute atomic E-state index is 0.205. The standard InChI is InChI=1S/C14H16N4O/c1-5-8-15-13(19)12-9-16-17(4)14(12)18-10(2)6-7-11(18)3/h1,6-7,9H,8H2,2-4H3,(H,15,19). The highest BCUT2D eigenvalue weighted by Gasteiger charge is 2.19. The van der Waals surface area contributed by atoms with Gasteiger partial charge in [-0.15, -0.1) is 6.42 Å². The number of aromatic nitrogens is 3. The van der Waals surface area contributed by atoms with E-state index in [1.54, 1.807) is 10.9 Å². The summed E-state index contributed by atoms with van der Waals surface area (Å²) in [4.78, 5) is 12.1. The molecule has 2 rings (SSSR count). The number of carbonyl (C=O) groups excluding carboxylic acids is 1. The monoisotopic (exact) mass is 256 g/mol. The summed E-state index contributed by atoms with van der Waals surface area (Å²) in [5.41, 5.74) is 2.61. The summed E-state index contributed by atoms with van der Waals surface area (Å²) < 4.78 is 3.68. The van der Waals surface area contributed by atoms with Crippen LogP contribution in [-0.2, 0) is 7.05 Å². The van der Waals surface area contributed by atoms with Gasteiger partial charge in [-0.25, -0.2) is 0 Å². The number of rotatable bonds is 3. The molecule has 98 valence electrons. The fourth-order valence-corrected chi connectivity index (χ4v) is 2.09. The Kier molecular flexibility index (Phi) is 3.43. The zero-order chi connectivity index (χ0) is 14.0. The van der Waals surface area contributed by atoms with E-state index in [4.69, 9.17) is 6.42 Å². The van der Waals surface area contributed by atoms with Crippen molar-refractivity contribution in [3.05, 3.63) is 35.3 Å². The Balaban J connectivity index is 2.50. The van der Waals surface area contributed by atoms with E-state index in [0.29, 0.717) is 5.56 Å². The van der Waals surface area contributed by atoms with Crippen molar-refractivity contribution in [2.75, 3.05) is 6.54 Å². The zero-order valence-electron chi connectivity index (χ0n) is 11.3. The SMILES string of the molecule is C#CCNC(=O)c1cnn(C)c1-n1c(C)ccc1C. The van der Waals surface area contributed by atoms with Crippen LogP contribution in [0.4, 0.5) is 0 Å². The highest BCUT2D eigenvalue weighted by atomic mass is 16.1. The molecule has 5 heteroatoms. The Morgan fingerprint density at radius 1 is 1.42 bits per heavy atom. The molecule has 0 aliphatic carbocycles. The number of carbonyl (C=O) groups is 1. The van der Waals surface area contributed by atoms with Crippen LogP contribution in [0.2, 0.25) is 0 Å². The van der Waals surface area contributed by atoms with Gasteiger partial charge < -0.3 is 9.88 Å². The molecule has 1 amide bonds. The lowest BCUT2D eigenvalue weighted by Crippen LogP contribution is -2.25. The van der Waals surface area contributed by atoms with Gasteiger partial charge in [0, 0.05) is 18.4 Å². The molecule has 1 N–H and O–H groups in total. The van der Waals surface area contributed by atoms with E-state index < -0.39 is 0 Å². The van der Waals surface area contributed by atoms with Crippen LogP contribution >= 0.6 is 0 Å². The molecule has 0 fully saturated rings. The Hall–Kier alpha value is -2.48. The van der Waals surface area contributed by atoms with Crippen molar-refractivity contribution in [3.8, 4) is 18.2 Å². The fraction of sp³-hybridized carbons (Fsp3) is 0.286. The molecule has 0 bridgehead atoms. The average Bonchev–Trinajstić information content (AvgIpc) is 2.90. The van der Waals surface area contributed by atoms with E-state index in [1.165, 1.54) is 0 Å². The van der Waals surface area contributed by atoms with Gasteiger partial charge in [-0.2, -0.15) is 5.10 Å². The number of aryl methyl sites for hydroxylation is 3. The van der Waals surface area contributed by atoms with Crippen LogP contribution in [-0.4, -0.2) is 26.8 Å². The third-order valence-electron chi connectivity index (χ3n) is 2.99. The summed E-state index contributed by atoms with van der Waals surface area (Å²) in [5, 5.41) is 6.83. The van der Waals surface area contributed by atoms with Gasteiger partial charge in [0.2, 0.25) is 0 Å². The maximum atomic E-state index is 12.1. The molecule has 2 aromatic rings. The summed E-state index contributed by atoms with van der Waals surface area (Å²) in [6.45, 7) is 4.18. The van der Waals surface area contributed by atoms with Crippen LogP contribution < -0.4 is 5.32 Å². The van der Waals surface area contributed by atoms with Crippen molar-refractivity contribution < 1.29 is 4.79 Å². The Morgan fingerprint density at radius 3 is 2.63 bits per heavy atom. The van der Waals surface area contributed by atoms with E-state index in [2.05, 4.69) is 16.3 Å². The molecule has 2 heterocycles. The minimum atomic E-state index is -0.214. The van der Waals surface area contributed by atoms with Gasteiger partial charge in [0.1, 0.15) is 11.4 Å². The molecule has 0 unspecified atom stereocenters. The molecule has 0 aliphatic rings. The molecular weight excluding hydrogens is 240 g/mol. The molecular formula is C14H16N4O. The molecule has 0 saturated carbocycles. The highest BCUT2D eigenvalue weighted by molar-refractivity contribution is 5.97. The van der Waals surface area contributed by atoms with Gasteiger partial charge >= 0.3 is 0 Å². The second-order valence-electron chi connectivity index (χ2n) is 4.34. The summed E-state index contributed by atoms with van der Waals surface area (Å²) in [5.74, 6) is 2.92. The van der Waals surface area contributed by atoms with E-state index >= 15 is 0 Å². The molecule has 19 heavy (non-hydrogen) atoms. The average molecular weight is 256 g/mol. The first kappa shape index (κ1) is 13.0. The number of hydrogen-bond donors (Lipinski definition) is 1. The summed E-state index contributed by atoms with van der Waals surface area (Å²) in [7, 11) is 1.81. The highest BCUT2D eigenvalue weighted by Crippen LogP contribution is 2.19. The van der Waals surface area contributed by atoms with Crippen LogP contribution in [0.5, 0.6) is 0 Å². The van der Waals surface area contributed by atoms with E-state index in [0.717, 1.165) is 17.2 Å². The van der Waals surface area contributed by atoms with Crippen LogP contribution in [0.15, 0.2) is 18.3 Å². The van der Waals surface area contributed by atoms with Crippen molar-refractivity contribution in [3.63, 3.8) is 0 Å². The van der Waals surface area contributed by atoms with Gasteiger partial charge in [0.05, 0.1) is 12.7 Å². The number of amides is 1. The maximum Gasteiger partial charge on any atom is 0.257 e. The third-order valence-corrected chi connectivity index (χ3v) is 2.99. The van der Waals surface area contributed by atoms with Gasteiger partial charge in [-0.05, 0) is 26.0 Å². The Labute approximate surface area is 112 Å². The first-order valence-corrected chi connectivity index (χ1v) is 5.95. The topological polar surface area (TPSA) is 51.9 Å². The number of nitrogens with zero attached hydrogens (tertiary/aromatic N) is 3. The van der Waals surface area contributed by atoms with Crippen LogP contribution in [0, 0.1) is 26.2 Å². The second kappa shape index (κ2) is 5.02. The normalized spacial score (nSPS) is 10.2. The lowest BCUT2D eigenvalue weighted by Gasteiger charge is -2.12. The largest absolute Gasteiger partial charge is 0.341 e. The number of hydrogen-bond acceptors (Lipinski definition) is 2. The lowest BCUT2D eigenvalue weighted by molar-refractivity contribution is 0.0958. The van der Waals surface area contributed by atoms with Crippen molar-refractivity contribution >= 4 is 5.91 Å². The Bertz CT molecular complexity index is 638. The molecule has 2 aromatic heterocycles. The summed E-state index contributed by atoms with van der Waals surface area (Å²) in [6, 6.07) is 4.01. The smallest absolute Gasteiger partial charge is 0.257 e. The lowest BCUT2D eigenvalue weighted by atomic mass is 10.3. The van der Waals surface area contributed by atoms with E-state index in [9.17, 15) is 4.79 Å². The van der Waals surface area contributed by atoms with Crippen molar-refractivity contribution in [2.45, 2.75) is 13.8 Å². The van der Waals surface area contributed by atoms with E-state index in [-0.39, 0.29) is 12.5 Å². The minimum Gasteiger partial charge on any atom is -0.341 e. The summed E-state index contributed by atoms with van der Waals surface area (Å²) in [6.07, 6.45) is 6.71. The van der Waals surface area contributed by atoms with Gasteiger partial charge in [0.25, 0.3) is 5.91 Å². The molecule has 0 saturated heterocycles. The van der Waals surface area contributed by atoms with Crippen molar-refractivity contribution in [2.24, 2.45) is 7.05 Å². The van der Waals surface area contributed by atoms with Crippen LogP contribution in [0.25, 0.3) is 5.82 Å². The number of terminal acetylenes is 1. The molecule has 5 nitrogen and oxygen atoms in total. The number of nitrogens with one attached hydrogen (secondary N) is 1. The quantitative estimate of drug-likeness (QED) is 0.839.